The summed E-state index contributed by atoms with van der Waals surface area (Å²) in [6.07, 6.45) is 1.43. The van der Waals surface area contributed by atoms with Crippen LogP contribution in [0.25, 0.3) is 0 Å². The molecule has 188 valence electrons. The Balaban J connectivity index is 1.47. The van der Waals surface area contributed by atoms with Gasteiger partial charge in [-0.2, -0.15) is 0 Å². The van der Waals surface area contributed by atoms with Gasteiger partial charge in [-0.1, -0.05) is 0 Å². The van der Waals surface area contributed by atoms with E-state index in [0.717, 1.165) is 5.69 Å². The first-order valence-corrected chi connectivity index (χ1v) is 11.2. The van der Waals surface area contributed by atoms with Crippen molar-refractivity contribution in [2.75, 3.05) is 45.4 Å². The summed E-state index contributed by atoms with van der Waals surface area (Å²) in [6.45, 7) is 0.964. The van der Waals surface area contributed by atoms with Crippen LogP contribution in [0.1, 0.15) is 10.5 Å². The third-order valence-corrected chi connectivity index (χ3v) is 5.94. The van der Waals surface area contributed by atoms with Gasteiger partial charge in [-0.25, -0.2) is 4.98 Å². The standard InChI is InChI=1S/C25H26N4O7/c1-34-20-7-9-21(10-8-20)36-24-14-26-22(13-23(24)35-2)25(31)28-12-11-27(15-19(28)16-30)17-3-5-18(6-4-17)29(32)33/h3-10,13-14,19,30H,11-12,15-16H2,1-2H3/t19-/m1/s1. The van der Waals surface area contributed by atoms with E-state index in [1.54, 1.807) is 48.4 Å². The number of hydrogen-bond donors (Lipinski definition) is 1. The molecule has 1 saturated heterocycles. The fraction of sp³-hybridized carbons (Fsp3) is 0.280. The summed E-state index contributed by atoms with van der Waals surface area (Å²) < 4.78 is 16.4. The van der Waals surface area contributed by atoms with Crippen molar-refractivity contribution in [3.63, 3.8) is 0 Å². The molecule has 0 spiro atoms. The van der Waals surface area contributed by atoms with Gasteiger partial charge in [-0.3, -0.25) is 14.9 Å². The van der Waals surface area contributed by atoms with E-state index in [1.807, 2.05) is 4.90 Å². The minimum atomic E-state index is -0.482. The number of carbonyl (C=O) groups excluding carboxylic acids is 1. The number of aromatic nitrogens is 1. The number of anilines is 1. The number of benzene rings is 2. The highest BCUT2D eigenvalue weighted by Gasteiger charge is 2.32. The zero-order chi connectivity index (χ0) is 25.7. The third-order valence-electron chi connectivity index (χ3n) is 5.94. The number of pyridine rings is 1. The maximum absolute atomic E-state index is 13.3. The molecule has 1 aliphatic heterocycles. The number of aliphatic hydroxyl groups excluding tert-OH is 1. The Hall–Kier alpha value is -4.38. The molecule has 1 amide bonds. The second-order valence-electron chi connectivity index (χ2n) is 8.05. The highest BCUT2D eigenvalue weighted by molar-refractivity contribution is 5.93. The quantitative estimate of drug-likeness (QED) is 0.371. The van der Waals surface area contributed by atoms with Gasteiger partial charge < -0.3 is 29.1 Å². The number of methoxy groups -OCH3 is 2. The first-order valence-electron chi connectivity index (χ1n) is 11.2. The minimum absolute atomic E-state index is 0.00529. The Morgan fingerprint density at radius 2 is 1.75 bits per heavy atom. The summed E-state index contributed by atoms with van der Waals surface area (Å²) >= 11 is 0. The minimum Gasteiger partial charge on any atom is -0.497 e. The van der Waals surface area contributed by atoms with Gasteiger partial charge >= 0.3 is 0 Å². The van der Waals surface area contributed by atoms with Crippen LogP contribution >= 0.6 is 0 Å². The molecule has 1 fully saturated rings. The number of nitrogens with zero attached hydrogens (tertiary/aromatic N) is 4. The molecule has 1 aliphatic rings. The number of nitro groups is 1. The second kappa shape index (κ2) is 10.9. The average Bonchev–Trinajstić information content (AvgIpc) is 2.93. The van der Waals surface area contributed by atoms with Crippen molar-refractivity contribution in [1.82, 2.24) is 9.88 Å². The average molecular weight is 495 g/mol. The molecule has 11 nitrogen and oxygen atoms in total. The SMILES string of the molecule is COc1ccc(Oc2cnc(C(=O)N3CCN(c4ccc([N+](=O)[O-])cc4)C[C@@H]3CO)cc2OC)cc1. The highest BCUT2D eigenvalue weighted by Crippen LogP contribution is 2.32. The Bertz CT molecular complexity index is 1220. The summed E-state index contributed by atoms with van der Waals surface area (Å²) in [5.74, 6) is 1.60. The van der Waals surface area contributed by atoms with Crippen LogP contribution in [0.5, 0.6) is 23.0 Å². The molecule has 1 atom stereocenters. The number of rotatable bonds is 8. The molecular formula is C25H26N4O7. The van der Waals surface area contributed by atoms with E-state index >= 15 is 0 Å². The summed E-state index contributed by atoms with van der Waals surface area (Å²) in [5, 5.41) is 20.9. The van der Waals surface area contributed by atoms with Crippen molar-refractivity contribution in [2.45, 2.75) is 6.04 Å². The first-order chi connectivity index (χ1) is 17.4. The Labute approximate surface area is 207 Å². The van der Waals surface area contributed by atoms with E-state index in [4.69, 9.17) is 14.2 Å². The fourth-order valence-corrected chi connectivity index (χ4v) is 3.99. The number of aliphatic hydroxyl groups is 1. The lowest BCUT2D eigenvalue weighted by molar-refractivity contribution is -0.384. The molecule has 36 heavy (non-hydrogen) atoms. The largest absolute Gasteiger partial charge is 0.497 e. The van der Waals surface area contributed by atoms with Gasteiger partial charge in [-0.05, 0) is 36.4 Å². The molecule has 0 saturated carbocycles. The zero-order valence-electron chi connectivity index (χ0n) is 19.9. The molecular weight excluding hydrogens is 468 g/mol. The number of nitro benzene ring substituents is 1. The second-order valence-corrected chi connectivity index (χ2v) is 8.05. The normalized spacial score (nSPS) is 15.4. The van der Waals surface area contributed by atoms with Crippen LogP contribution in [0.2, 0.25) is 0 Å². The van der Waals surface area contributed by atoms with Crippen LogP contribution in [-0.4, -0.2) is 72.3 Å². The van der Waals surface area contributed by atoms with E-state index < -0.39 is 11.0 Å². The molecule has 1 N–H and O–H groups in total. The fourth-order valence-electron chi connectivity index (χ4n) is 3.99. The van der Waals surface area contributed by atoms with Crippen LogP contribution < -0.4 is 19.1 Å². The molecule has 0 unspecified atom stereocenters. The highest BCUT2D eigenvalue weighted by atomic mass is 16.6. The Morgan fingerprint density at radius 3 is 2.36 bits per heavy atom. The molecule has 2 heterocycles. The molecule has 2 aromatic carbocycles. The van der Waals surface area contributed by atoms with Gasteiger partial charge in [0.2, 0.25) is 0 Å². The lowest BCUT2D eigenvalue weighted by Gasteiger charge is -2.41. The van der Waals surface area contributed by atoms with Crippen LogP contribution in [0, 0.1) is 10.1 Å². The predicted molar refractivity (Wildman–Crippen MR) is 131 cm³/mol. The number of amides is 1. The molecule has 0 aliphatic carbocycles. The van der Waals surface area contributed by atoms with Crippen molar-refractivity contribution in [3.8, 4) is 23.0 Å². The Kier molecular flexibility index (Phi) is 7.50. The van der Waals surface area contributed by atoms with Gasteiger partial charge in [0.05, 0.1) is 38.0 Å². The molecule has 0 bridgehead atoms. The van der Waals surface area contributed by atoms with Crippen LogP contribution in [0.15, 0.2) is 60.8 Å². The maximum Gasteiger partial charge on any atom is 0.273 e. The molecule has 1 aromatic heterocycles. The topological polar surface area (TPSA) is 128 Å². The number of piperazine rings is 1. The van der Waals surface area contributed by atoms with E-state index in [2.05, 4.69) is 4.98 Å². The number of non-ortho nitro benzene ring substituents is 1. The third kappa shape index (κ3) is 5.31. The Morgan fingerprint density at radius 1 is 1.06 bits per heavy atom. The van der Waals surface area contributed by atoms with Gasteiger partial charge in [-0.15, -0.1) is 0 Å². The molecule has 4 rings (SSSR count). The van der Waals surface area contributed by atoms with E-state index in [0.29, 0.717) is 42.6 Å². The van der Waals surface area contributed by atoms with E-state index in [1.165, 1.54) is 31.5 Å². The van der Waals surface area contributed by atoms with E-state index in [9.17, 15) is 20.0 Å². The van der Waals surface area contributed by atoms with Crippen molar-refractivity contribution >= 4 is 17.3 Å². The van der Waals surface area contributed by atoms with Crippen LogP contribution in [-0.2, 0) is 0 Å². The number of carbonyl (C=O) groups is 1. The smallest absolute Gasteiger partial charge is 0.273 e. The lowest BCUT2D eigenvalue weighted by Crippen LogP contribution is -2.56. The molecule has 11 heteroatoms. The van der Waals surface area contributed by atoms with Crippen LogP contribution in [0.3, 0.4) is 0 Å². The zero-order valence-corrected chi connectivity index (χ0v) is 19.9. The lowest BCUT2D eigenvalue weighted by atomic mass is 10.1. The van der Waals surface area contributed by atoms with Crippen molar-refractivity contribution in [1.29, 1.82) is 0 Å². The van der Waals surface area contributed by atoms with Gasteiger partial charge in [0.1, 0.15) is 17.2 Å². The van der Waals surface area contributed by atoms with Crippen molar-refractivity contribution in [2.24, 2.45) is 0 Å². The van der Waals surface area contributed by atoms with Crippen molar-refractivity contribution in [3.05, 3.63) is 76.6 Å². The van der Waals surface area contributed by atoms with Crippen molar-refractivity contribution < 1.29 is 29.0 Å². The van der Waals surface area contributed by atoms with Gasteiger partial charge in [0.25, 0.3) is 11.6 Å². The van der Waals surface area contributed by atoms with Crippen LogP contribution in [0.4, 0.5) is 11.4 Å². The molecule has 0 radical (unpaired) electrons. The summed E-state index contributed by atoms with van der Waals surface area (Å²) in [7, 11) is 3.05. The maximum atomic E-state index is 13.3. The summed E-state index contributed by atoms with van der Waals surface area (Å²) in [4.78, 5) is 31.6. The van der Waals surface area contributed by atoms with E-state index in [-0.39, 0.29) is 23.9 Å². The first kappa shape index (κ1) is 24.7. The van der Waals surface area contributed by atoms with Gasteiger partial charge in [0, 0.05) is 43.5 Å². The summed E-state index contributed by atoms with van der Waals surface area (Å²) in [5.41, 5.74) is 0.952. The number of hydrogen-bond acceptors (Lipinski definition) is 9. The van der Waals surface area contributed by atoms with Gasteiger partial charge in [0.15, 0.2) is 11.5 Å². The summed E-state index contributed by atoms with van der Waals surface area (Å²) in [6, 6.07) is 14.2. The molecule has 3 aromatic rings. The number of ether oxygens (including phenoxy) is 3. The monoisotopic (exact) mass is 494 g/mol. The predicted octanol–water partition coefficient (Wildman–Crippen LogP) is 3.12.